The smallest absolute Gasteiger partial charge is 0.318 e. The van der Waals surface area contributed by atoms with Crippen molar-refractivity contribution in [1.29, 1.82) is 0 Å². The van der Waals surface area contributed by atoms with Crippen LogP contribution >= 0.6 is 0 Å². The number of hydrogen-bond acceptors (Lipinski definition) is 6. The Morgan fingerprint density at radius 2 is 2.17 bits per heavy atom. The maximum absolute atomic E-state index is 9.37. The van der Waals surface area contributed by atoms with Gasteiger partial charge in [0.1, 0.15) is 0 Å². The summed E-state index contributed by atoms with van der Waals surface area (Å²) in [4.78, 5) is 2.04. The molecule has 0 spiro atoms. The van der Waals surface area contributed by atoms with Gasteiger partial charge in [-0.3, -0.25) is 0 Å². The van der Waals surface area contributed by atoms with E-state index in [1.54, 1.807) is 0 Å². The highest BCUT2D eigenvalue weighted by Gasteiger charge is 2.26. The molecule has 6 heteroatoms. The van der Waals surface area contributed by atoms with E-state index in [0.29, 0.717) is 24.5 Å². The van der Waals surface area contributed by atoms with Crippen molar-refractivity contribution in [2.75, 3.05) is 18.1 Å². The summed E-state index contributed by atoms with van der Waals surface area (Å²) in [7, 11) is 0. The quantitative estimate of drug-likeness (QED) is 0.802. The van der Waals surface area contributed by atoms with Crippen LogP contribution in [0.5, 0.6) is 0 Å². The number of hydrogen-bond donors (Lipinski definition) is 2. The molecule has 18 heavy (non-hydrogen) atoms. The lowest BCUT2D eigenvalue weighted by Crippen LogP contribution is -2.42. The molecule has 100 valence electrons. The molecule has 1 aromatic rings. The summed E-state index contributed by atoms with van der Waals surface area (Å²) >= 11 is 0. The third kappa shape index (κ3) is 2.64. The van der Waals surface area contributed by atoms with Gasteiger partial charge in [0.25, 0.3) is 0 Å². The number of rotatable bonds is 5. The molecule has 2 aliphatic rings. The summed E-state index contributed by atoms with van der Waals surface area (Å²) in [6.45, 7) is 1.69. The molecule has 0 amide bonds. The first-order valence-electron chi connectivity index (χ1n) is 6.80. The van der Waals surface area contributed by atoms with Crippen molar-refractivity contribution in [1.82, 2.24) is 15.5 Å². The minimum atomic E-state index is 0.128. The first-order valence-corrected chi connectivity index (χ1v) is 6.80. The largest absolute Gasteiger partial charge is 0.407 e. The molecule has 1 atom stereocenters. The average molecular weight is 252 g/mol. The Hall–Kier alpha value is -1.14. The molecule has 1 aliphatic heterocycles. The van der Waals surface area contributed by atoms with Crippen LogP contribution in [0.4, 0.5) is 6.01 Å². The van der Waals surface area contributed by atoms with Crippen molar-refractivity contribution in [2.24, 2.45) is 0 Å². The van der Waals surface area contributed by atoms with Crippen LogP contribution in [0.3, 0.4) is 0 Å². The highest BCUT2D eigenvalue weighted by molar-refractivity contribution is 5.27. The Bertz CT molecular complexity index is 391. The lowest BCUT2D eigenvalue weighted by molar-refractivity contribution is 0.234. The summed E-state index contributed by atoms with van der Waals surface area (Å²) in [5, 5.41) is 20.9. The van der Waals surface area contributed by atoms with Crippen molar-refractivity contribution in [2.45, 2.75) is 50.7 Å². The third-order valence-electron chi connectivity index (χ3n) is 3.66. The predicted molar refractivity (Wildman–Crippen MR) is 66.2 cm³/mol. The van der Waals surface area contributed by atoms with Gasteiger partial charge in [-0.05, 0) is 32.1 Å². The lowest BCUT2D eigenvalue weighted by atomic mass is 10.0. The average Bonchev–Trinajstić information content (AvgIpc) is 3.13. The fraction of sp³-hybridized carbons (Fsp3) is 0.833. The van der Waals surface area contributed by atoms with E-state index in [1.807, 2.05) is 4.90 Å². The number of nitrogens with zero attached hydrogens (tertiary/aromatic N) is 3. The van der Waals surface area contributed by atoms with Crippen LogP contribution in [0.15, 0.2) is 4.42 Å². The molecule has 2 heterocycles. The fourth-order valence-electron chi connectivity index (χ4n) is 2.39. The van der Waals surface area contributed by atoms with E-state index in [2.05, 4.69) is 15.5 Å². The van der Waals surface area contributed by atoms with Crippen molar-refractivity contribution < 1.29 is 9.52 Å². The van der Waals surface area contributed by atoms with Gasteiger partial charge in [0.05, 0.1) is 19.2 Å². The van der Waals surface area contributed by atoms with Crippen LogP contribution in [0, 0.1) is 0 Å². The SMILES string of the molecule is OCC1CCCCN1c1nnc(CNC2CC2)o1. The van der Waals surface area contributed by atoms with Gasteiger partial charge in [0.2, 0.25) is 5.89 Å². The van der Waals surface area contributed by atoms with E-state index in [1.165, 1.54) is 12.8 Å². The molecule has 1 saturated heterocycles. The van der Waals surface area contributed by atoms with Crippen molar-refractivity contribution in [3.63, 3.8) is 0 Å². The first kappa shape index (κ1) is 11.9. The highest BCUT2D eigenvalue weighted by atomic mass is 16.4. The van der Waals surface area contributed by atoms with Gasteiger partial charge in [-0.2, -0.15) is 0 Å². The van der Waals surface area contributed by atoms with Gasteiger partial charge in [-0.25, -0.2) is 0 Å². The molecule has 0 aromatic carbocycles. The zero-order valence-electron chi connectivity index (χ0n) is 10.5. The number of nitrogens with one attached hydrogen (secondary N) is 1. The van der Waals surface area contributed by atoms with Crippen LogP contribution in [-0.2, 0) is 6.54 Å². The molecular formula is C12H20N4O2. The minimum Gasteiger partial charge on any atom is -0.407 e. The van der Waals surface area contributed by atoms with E-state index < -0.39 is 0 Å². The minimum absolute atomic E-state index is 0.128. The standard InChI is InChI=1S/C12H20N4O2/c17-8-10-3-1-2-6-16(10)12-15-14-11(18-12)7-13-9-4-5-9/h9-10,13,17H,1-8H2. The molecule has 1 unspecified atom stereocenters. The second-order valence-electron chi connectivity index (χ2n) is 5.16. The third-order valence-corrected chi connectivity index (χ3v) is 3.66. The first-order chi connectivity index (χ1) is 8.86. The summed E-state index contributed by atoms with van der Waals surface area (Å²) in [5.74, 6) is 0.638. The van der Waals surface area contributed by atoms with Crippen LogP contribution < -0.4 is 10.2 Å². The molecule has 1 aromatic heterocycles. The summed E-state index contributed by atoms with van der Waals surface area (Å²) in [6, 6.07) is 1.32. The Labute approximate surface area is 106 Å². The lowest BCUT2D eigenvalue weighted by Gasteiger charge is -2.32. The fourth-order valence-corrected chi connectivity index (χ4v) is 2.39. The van der Waals surface area contributed by atoms with Crippen LogP contribution in [0.1, 0.15) is 38.0 Å². The van der Waals surface area contributed by atoms with Crippen molar-refractivity contribution in [3.8, 4) is 0 Å². The van der Waals surface area contributed by atoms with Crippen molar-refractivity contribution >= 4 is 6.01 Å². The zero-order chi connectivity index (χ0) is 12.4. The Kier molecular flexibility index (Phi) is 3.47. The Balaban J connectivity index is 1.62. The van der Waals surface area contributed by atoms with E-state index >= 15 is 0 Å². The second-order valence-corrected chi connectivity index (χ2v) is 5.16. The molecule has 0 bridgehead atoms. The molecule has 3 rings (SSSR count). The van der Waals surface area contributed by atoms with E-state index in [0.717, 1.165) is 25.8 Å². The number of aromatic nitrogens is 2. The maximum Gasteiger partial charge on any atom is 0.318 e. The highest BCUT2D eigenvalue weighted by Crippen LogP contribution is 2.24. The maximum atomic E-state index is 9.37. The molecule has 6 nitrogen and oxygen atoms in total. The summed E-state index contributed by atoms with van der Waals surface area (Å²) in [5.41, 5.74) is 0. The number of anilines is 1. The molecule has 1 saturated carbocycles. The van der Waals surface area contributed by atoms with Gasteiger partial charge in [0.15, 0.2) is 0 Å². The monoisotopic (exact) mass is 252 g/mol. The molecule has 2 fully saturated rings. The molecule has 1 aliphatic carbocycles. The Morgan fingerprint density at radius 3 is 2.94 bits per heavy atom. The number of aliphatic hydroxyl groups excluding tert-OH is 1. The van der Waals surface area contributed by atoms with E-state index in [4.69, 9.17) is 4.42 Å². The van der Waals surface area contributed by atoms with Crippen molar-refractivity contribution in [3.05, 3.63) is 5.89 Å². The normalized spacial score (nSPS) is 24.5. The molecule has 2 N–H and O–H groups in total. The van der Waals surface area contributed by atoms with Crippen LogP contribution in [0.2, 0.25) is 0 Å². The molecule has 0 radical (unpaired) electrons. The summed E-state index contributed by atoms with van der Waals surface area (Å²) < 4.78 is 5.66. The van der Waals surface area contributed by atoms with Crippen LogP contribution in [-0.4, -0.2) is 40.5 Å². The zero-order valence-corrected chi connectivity index (χ0v) is 10.5. The summed E-state index contributed by atoms with van der Waals surface area (Å²) in [6.07, 6.45) is 5.77. The second kappa shape index (κ2) is 5.24. The predicted octanol–water partition coefficient (Wildman–Crippen LogP) is 0.673. The van der Waals surface area contributed by atoms with Gasteiger partial charge in [-0.1, -0.05) is 5.10 Å². The number of aliphatic hydroxyl groups is 1. The van der Waals surface area contributed by atoms with Gasteiger partial charge < -0.3 is 19.7 Å². The van der Waals surface area contributed by atoms with E-state index in [-0.39, 0.29) is 12.6 Å². The van der Waals surface area contributed by atoms with Gasteiger partial charge in [-0.15, -0.1) is 5.10 Å². The number of piperidine rings is 1. The van der Waals surface area contributed by atoms with Gasteiger partial charge in [0, 0.05) is 12.6 Å². The topological polar surface area (TPSA) is 74.4 Å². The molecular weight excluding hydrogens is 232 g/mol. The Morgan fingerprint density at radius 1 is 1.28 bits per heavy atom. The van der Waals surface area contributed by atoms with Gasteiger partial charge >= 0.3 is 6.01 Å². The van der Waals surface area contributed by atoms with E-state index in [9.17, 15) is 5.11 Å². The van der Waals surface area contributed by atoms with Crippen LogP contribution in [0.25, 0.3) is 0 Å².